The second-order valence-electron chi connectivity index (χ2n) is 15.0. The van der Waals surface area contributed by atoms with Crippen molar-refractivity contribution in [1.82, 2.24) is 19.9 Å². The van der Waals surface area contributed by atoms with Crippen LogP contribution in [0, 0.1) is 5.41 Å². The van der Waals surface area contributed by atoms with Gasteiger partial charge >= 0.3 is 18.1 Å². The number of primary amides is 1. The number of hydrogen-bond donors (Lipinski definition) is 7. The monoisotopic (exact) mass is 799 g/mol. The first-order valence-electron chi connectivity index (χ1n) is 19.1. The number of amidine groups is 1. The van der Waals surface area contributed by atoms with Crippen molar-refractivity contribution in [2.75, 3.05) is 4.90 Å². The molecule has 3 aromatic carbocycles. The number of benzene rings is 3. The number of aromatic nitrogens is 3. The molecule has 6 aromatic rings. The second kappa shape index (κ2) is 14.3. The Kier molecular flexibility index (Phi) is 9.38. The van der Waals surface area contributed by atoms with Crippen LogP contribution in [0.4, 0.5) is 15.3 Å². The summed E-state index contributed by atoms with van der Waals surface area (Å²) in [6.45, 7) is 7.41. The van der Waals surface area contributed by atoms with Gasteiger partial charge in [-0.2, -0.15) is 0 Å². The number of aliphatic hydroxyl groups is 1. The van der Waals surface area contributed by atoms with E-state index in [1.54, 1.807) is 60.0 Å². The van der Waals surface area contributed by atoms with Crippen molar-refractivity contribution in [3.63, 3.8) is 0 Å². The summed E-state index contributed by atoms with van der Waals surface area (Å²) in [6, 6.07) is 15.1. The lowest BCUT2D eigenvalue weighted by molar-refractivity contribution is -0.172. The molecule has 302 valence electrons. The van der Waals surface area contributed by atoms with Gasteiger partial charge in [0.25, 0.3) is 5.56 Å². The summed E-state index contributed by atoms with van der Waals surface area (Å²) in [5.41, 5.74) is 9.43. The molecular weight excluding hydrogens is 759 g/mol. The van der Waals surface area contributed by atoms with E-state index in [1.807, 2.05) is 20.8 Å². The largest absolute Gasteiger partial charge is 0.508 e. The van der Waals surface area contributed by atoms with E-state index in [0.717, 1.165) is 27.5 Å². The Morgan fingerprint density at radius 1 is 1.07 bits per heavy atom. The van der Waals surface area contributed by atoms with Crippen molar-refractivity contribution < 1.29 is 39.2 Å². The van der Waals surface area contributed by atoms with Crippen molar-refractivity contribution in [3.05, 3.63) is 110 Å². The van der Waals surface area contributed by atoms with Gasteiger partial charge in [0.05, 0.1) is 46.8 Å². The van der Waals surface area contributed by atoms with Crippen LogP contribution in [0.15, 0.2) is 65.5 Å². The summed E-state index contributed by atoms with van der Waals surface area (Å²) in [5.74, 6) is -1.53. The van der Waals surface area contributed by atoms with E-state index in [-0.39, 0.29) is 83.1 Å². The summed E-state index contributed by atoms with van der Waals surface area (Å²) in [5, 5.41) is 45.0. The molecule has 8 rings (SSSR count). The fourth-order valence-electron chi connectivity index (χ4n) is 8.07. The minimum atomic E-state index is -1.93. The highest BCUT2D eigenvalue weighted by atomic mass is 16.6. The van der Waals surface area contributed by atoms with Gasteiger partial charge in [0.1, 0.15) is 29.7 Å². The molecule has 1 unspecified atom stereocenters. The number of phenolic OH excluding ortho intramolecular Hbond substituents is 2. The first-order chi connectivity index (χ1) is 28.1. The third-order valence-corrected chi connectivity index (χ3v) is 11.1. The number of ether oxygens (including phenoxy) is 2. The van der Waals surface area contributed by atoms with Crippen molar-refractivity contribution in [2.45, 2.75) is 71.8 Å². The fraction of sp³-hybridized carbons (Fsp3) is 0.256. The average molecular weight is 800 g/mol. The number of phenols is 2. The van der Waals surface area contributed by atoms with E-state index in [0.29, 0.717) is 45.5 Å². The smallest absolute Gasteiger partial charge is 0.412 e. The highest BCUT2D eigenvalue weighted by Gasteiger charge is 2.45. The normalized spacial score (nSPS) is 15.5. The topological polar surface area (TPSA) is 246 Å². The zero-order chi connectivity index (χ0) is 42.1. The van der Waals surface area contributed by atoms with Gasteiger partial charge in [-0.25, -0.2) is 24.3 Å². The molecule has 59 heavy (non-hydrogen) atoms. The van der Waals surface area contributed by atoms with Crippen LogP contribution < -0.4 is 26.2 Å². The van der Waals surface area contributed by atoms with Crippen LogP contribution in [-0.4, -0.2) is 53.8 Å². The predicted octanol–water partition coefficient (Wildman–Crippen LogP) is 5.86. The van der Waals surface area contributed by atoms with Gasteiger partial charge in [0, 0.05) is 39.2 Å². The zero-order valence-corrected chi connectivity index (χ0v) is 32.6. The number of carbonyl (C=O) groups is 3. The van der Waals surface area contributed by atoms with E-state index < -0.39 is 23.7 Å². The minimum Gasteiger partial charge on any atom is -0.508 e. The molecule has 0 saturated carbocycles. The molecule has 8 N–H and O–H groups in total. The number of cyclic esters (lactones) is 1. The lowest BCUT2D eigenvalue weighted by Gasteiger charge is -2.31. The van der Waals surface area contributed by atoms with Crippen molar-refractivity contribution in [2.24, 2.45) is 5.73 Å². The Morgan fingerprint density at radius 3 is 2.56 bits per heavy atom. The van der Waals surface area contributed by atoms with Gasteiger partial charge in [0.15, 0.2) is 5.60 Å². The van der Waals surface area contributed by atoms with Crippen LogP contribution in [0.2, 0.25) is 0 Å². The number of rotatable bonds is 8. The molecule has 16 heteroatoms. The van der Waals surface area contributed by atoms with Gasteiger partial charge in [-0.05, 0) is 84.5 Å². The van der Waals surface area contributed by atoms with Crippen LogP contribution in [-0.2, 0) is 41.2 Å². The molecule has 3 amide bonds. The first kappa shape index (κ1) is 38.7. The van der Waals surface area contributed by atoms with Crippen LogP contribution in [0.5, 0.6) is 17.2 Å². The maximum Gasteiger partial charge on any atom is 0.412 e. The second-order valence-corrected chi connectivity index (χ2v) is 15.0. The Labute approximate surface area is 336 Å². The van der Waals surface area contributed by atoms with Crippen LogP contribution >= 0.6 is 0 Å². The van der Waals surface area contributed by atoms with E-state index in [9.17, 15) is 34.5 Å². The lowest BCUT2D eigenvalue weighted by Crippen LogP contribution is -2.44. The molecule has 0 spiro atoms. The average Bonchev–Trinajstić information content (AvgIpc) is 3.78. The molecule has 3 aromatic heterocycles. The molecule has 5 heterocycles. The third-order valence-electron chi connectivity index (χ3n) is 11.1. The molecule has 2 aliphatic rings. The van der Waals surface area contributed by atoms with Crippen molar-refractivity contribution in [1.29, 1.82) is 5.41 Å². The van der Waals surface area contributed by atoms with Crippen LogP contribution in [0.1, 0.15) is 79.1 Å². The van der Waals surface area contributed by atoms with Gasteiger partial charge in [-0.15, -0.1) is 0 Å². The van der Waals surface area contributed by atoms with Gasteiger partial charge < -0.3 is 45.4 Å². The molecule has 16 nitrogen and oxygen atoms in total. The van der Waals surface area contributed by atoms with Gasteiger partial charge in [-0.1, -0.05) is 27.7 Å². The van der Waals surface area contributed by atoms with E-state index >= 15 is 0 Å². The standard InChI is InChI=1S/C43H41N7O9/c1-5-25-27-13-24(8-10-33(27)48-37-29(25)18-49-34(37)15-31-30(39(49)53)19-58-40(54)43(31,57)6-2)59-42(56)46-17-22-11-21-12-23(7-9-32(21)47-22)50(41(45)55)38(44)28-14-26(20(3)4)35(51)16-36(28)52/h7-16,20,44,47,51-52,57H,5-6,17-19H2,1-4H3,(H2,45,55)(H,46,56). The van der Waals surface area contributed by atoms with E-state index in [1.165, 1.54) is 6.07 Å². The van der Waals surface area contributed by atoms with Crippen LogP contribution in [0.3, 0.4) is 0 Å². The number of carbonyl (C=O) groups excluding carboxylic acids is 3. The number of anilines is 1. The van der Waals surface area contributed by atoms with Crippen molar-refractivity contribution in [3.8, 4) is 28.6 Å². The number of urea groups is 1. The summed E-state index contributed by atoms with van der Waals surface area (Å²) in [7, 11) is 0. The molecule has 0 radical (unpaired) electrons. The van der Waals surface area contributed by atoms with Crippen molar-refractivity contribution >= 4 is 51.4 Å². The lowest BCUT2D eigenvalue weighted by atomic mass is 9.86. The molecule has 0 aliphatic carbocycles. The number of hydrogen-bond acceptors (Lipinski definition) is 11. The van der Waals surface area contributed by atoms with Crippen LogP contribution in [0.25, 0.3) is 33.2 Å². The third kappa shape index (κ3) is 6.37. The SMILES string of the molecule is CCc1c2c(nc3ccc(OC(=O)NCc4cc5cc(N(C(=N)c6cc(C(C)C)c(O)cc6O)C(N)=O)ccc5[nH]4)cc13)-c1cc3c(c(=O)n1C2)COC(=O)C3(O)CC. The Hall–Kier alpha value is -7.20. The summed E-state index contributed by atoms with van der Waals surface area (Å²) >= 11 is 0. The highest BCUT2D eigenvalue weighted by molar-refractivity contribution is 6.22. The number of esters is 1. The molecule has 1 atom stereocenters. The van der Waals surface area contributed by atoms with E-state index in [2.05, 4.69) is 10.3 Å². The number of nitrogens with one attached hydrogen (secondary N) is 3. The number of aromatic amines is 1. The number of aromatic hydroxyl groups is 2. The number of pyridine rings is 2. The molecule has 0 fully saturated rings. The quantitative estimate of drug-likeness (QED) is 0.0548. The summed E-state index contributed by atoms with van der Waals surface area (Å²) in [6.07, 6.45) is -0.0956. The maximum atomic E-state index is 13.7. The number of fused-ring (bicyclic) bond motifs is 6. The molecule has 0 saturated heterocycles. The summed E-state index contributed by atoms with van der Waals surface area (Å²) < 4.78 is 12.5. The first-order valence-corrected chi connectivity index (χ1v) is 19.1. The molecule has 0 bridgehead atoms. The van der Waals surface area contributed by atoms with Gasteiger partial charge in [-0.3, -0.25) is 10.2 Å². The predicted molar refractivity (Wildman–Crippen MR) is 218 cm³/mol. The number of nitrogens with zero attached hydrogens (tertiary/aromatic N) is 3. The Bertz CT molecular complexity index is 2860. The summed E-state index contributed by atoms with van der Waals surface area (Å²) in [4.78, 5) is 61.0. The molecular formula is C43H41N7O9. The highest BCUT2D eigenvalue weighted by Crippen LogP contribution is 2.41. The minimum absolute atomic E-state index is 0.0165. The number of amides is 3. The Balaban J connectivity index is 1.000. The molecule has 2 aliphatic heterocycles. The zero-order valence-electron chi connectivity index (χ0n) is 32.6. The number of aryl methyl sites for hydroxylation is 1. The Morgan fingerprint density at radius 2 is 1.85 bits per heavy atom. The van der Waals surface area contributed by atoms with Gasteiger partial charge in [0.2, 0.25) is 0 Å². The van der Waals surface area contributed by atoms with E-state index in [4.69, 9.17) is 25.6 Å². The number of H-pyrrole nitrogens is 1. The maximum absolute atomic E-state index is 13.7. The number of nitrogens with two attached hydrogens (primary N) is 1. The fourth-order valence-corrected chi connectivity index (χ4v) is 8.07.